The molecule has 1 atom stereocenters. The van der Waals surface area contributed by atoms with Crippen LogP contribution in [-0.4, -0.2) is 27.8 Å². The lowest BCUT2D eigenvalue weighted by Crippen LogP contribution is -2.47. The van der Waals surface area contributed by atoms with Crippen molar-refractivity contribution in [2.24, 2.45) is 5.84 Å². The Morgan fingerprint density at radius 1 is 1.44 bits per heavy atom. The van der Waals surface area contributed by atoms with Crippen LogP contribution in [0.5, 0.6) is 0 Å². The Balaban J connectivity index is 2.11. The van der Waals surface area contributed by atoms with E-state index in [1.807, 2.05) is 0 Å². The first-order valence-corrected chi connectivity index (χ1v) is 5.51. The second kappa shape index (κ2) is 4.96. The smallest absolute Gasteiger partial charge is 0.249 e. The number of piperidine rings is 1. The lowest BCUT2D eigenvalue weighted by Gasteiger charge is -2.22. The number of hydrazine groups is 1. The summed E-state index contributed by atoms with van der Waals surface area (Å²) in [6, 6.07) is 1.23. The van der Waals surface area contributed by atoms with Gasteiger partial charge in [0.05, 0.1) is 0 Å². The Morgan fingerprint density at radius 3 is 2.89 bits per heavy atom. The van der Waals surface area contributed by atoms with Gasteiger partial charge in [-0.2, -0.15) is 4.98 Å². The van der Waals surface area contributed by atoms with Gasteiger partial charge in [-0.15, -0.1) is 0 Å². The number of nitrogen functional groups attached to an aromatic ring is 1. The number of nitrogens with zero attached hydrogens (tertiary/aromatic N) is 2. The van der Waals surface area contributed by atoms with Crippen LogP contribution in [0.4, 0.5) is 11.8 Å². The van der Waals surface area contributed by atoms with Crippen LogP contribution in [-0.2, 0) is 9.59 Å². The molecule has 0 spiro atoms. The van der Waals surface area contributed by atoms with E-state index in [4.69, 9.17) is 5.84 Å². The van der Waals surface area contributed by atoms with Gasteiger partial charge >= 0.3 is 0 Å². The number of carbonyl (C=O) groups excluding carboxylic acids is 2. The third kappa shape index (κ3) is 2.72. The molecule has 1 aromatic rings. The van der Waals surface area contributed by atoms with Gasteiger partial charge in [0.1, 0.15) is 11.9 Å². The highest BCUT2D eigenvalue weighted by Gasteiger charge is 2.26. The molecule has 1 saturated heterocycles. The predicted octanol–water partition coefficient (Wildman–Crippen LogP) is -0.712. The molecule has 2 rings (SSSR count). The summed E-state index contributed by atoms with van der Waals surface area (Å²) >= 11 is 0. The lowest BCUT2D eigenvalue weighted by molar-refractivity contribution is -0.133. The molecule has 8 nitrogen and oxygen atoms in total. The van der Waals surface area contributed by atoms with E-state index in [1.165, 1.54) is 0 Å². The largest absolute Gasteiger partial charge is 0.358 e. The number of anilines is 2. The summed E-state index contributed by atoms with van der Waals surface area (Å²) in [5.41, 5.74) is 3.06. The van der Waals surface area contributed by atoms with Gasteiger partial charge in [-0.1, -0.05) is 0 Å². The van der Waals surface area contributed by atoms with Gasteiger partial charge in [-0.05, 0) is 13.3 Å². The highest BCUT2D eigenvalue weighted by atomic mass is 16.2. The maximum atomic E-state index is 11.6. The summed E-state index contributed by atoms with van der Waals surface area (Å²) in [6.07, 6.45) is 0.759. The van der Waals surface area contributed by atoms with E-state index in [-0.39, 0.29) is 17.8 Å². The van der Waals surface area contributed by atoms with Crippen molar-refractivity contribution in [1.29, 1.82) is 0 Å². The quantitative estimate of drug-likeness (QED) is 0.317. The van der Waals surface area contributed by atoms with Crippen LogP contribution in [0.2, 0.25) is 0 Å². The van der Waals surface area contributed by atoms with Gasteiger partial charge in [0.15, 0.2) is 0 Å². The number of hydrogen-bond acceptors (Lipinski definition) is 7. The molecule has 96 valence electrons. The monoisotopic (exact) mass is 250 g/mol. The summed E-state index contributed by atoms with van der Waals surface area (Å²) in [6.45, 7) is 1.79. The normalized spacial score (nSPS) is 19.3. The second-order valence-corrected chi connectivity index (χ2v) is 4.01. The number of nitrogens with two attached hydrogens (primary N) is 1. The second-order valence-electron chi connectivity index (χ2n) is 4.01. The van der Waals surface area contributed by atoms with Crippen molar-refractivity contribution >= 4 is 23.6 Å². The highest BCUT2D eigenvalue weighted by Crippen LogP contribution is 2.14. The number of rotatable bonds is 3. The Kier molecular flexibility index (Phi) is 3.38. The van der Waals surface area contributed by atoms with Crippen LogP contribution in [0, 0.1) is 6.92 Å². The first-order valence-electron chi connectivity index (χ1n) is 5.51. The fraction of sp³-hybridized carbons (Fsp3) is 0.400. The minimum absolute atomic E-state index is 0.249. The molecule has 8 heteroatoms. The summed E-state index contributed by atoms with van der Waals surface area (Å²) in [5, 5.41) is 5.22. The van der Waals surface area contributed by atoms with Crippen molar-refractivity contribution in [2.75, 3.05) is 10.7 Å². The standard InChI is InChI=1S/C10H14N6O2/c1-5-4-7(14-10(12-5)16-11)13-6-2-3-8(17)15-9(6)18/h4,6H,2-3,11H2,1H3,(H,15,17,18)(H2,12,13,14,16). The Labute approximate surface area is 103 Å². The maximum Gasteiger partial charge on any atom is 0.249 e. The van der Waals surface area contributed by atoms with Gasteiger partial charge < -0.3 is 5.32 Å². The molecule has 5 N–H and O–H groups in total. The van der Waals surface area contributed by atoms with E-state index < -0.39 is 6.04 Å². The zero-order valence-corrected chi connectivity index (χ0v) is 9.86. The molecule has 0 aliphatic carbocycles. The van der Waals surface area contributed by atoms with Gasteiger partial charge in [-0.25, -0.2) is 10.8 Å². The minimum atomic E-state index is -0.470. The van der Waals surface area contributed by atoms with Crippen molar-refractivity contribution in [3.05, 3.63) is 11.8 Å². The summed E-state index contributed by atoms with van der Waals surface area (Å²) in [7, 11) is 0. The number of aryl methyl sites for hydroxylation is 1. The number of aromatic nitrogens is 2. The van der Waals surface area contributed by atoms with Crippen LogP contribution in [0.25, 0.3) is 0 Å². The first kappa shape index (κ1) is 12.2. The van der Waals surface area contributed by atoms with Crippen molar-refractivity contribution in [3.63, 3.8) is 0 Å². The molecule has 0 saturated carbocycles. The third-order valence-electron chi connectivity index (χ3n) is 2.54. The number of carbonyl (C=O) groups is 2. The number of imide groups is 1. The van der Waals surface area contributed by atoms with Crippen LogP contribution in [0.15, 0.2) is 6.07 Å². The van der Waals surface area contributed by atoms with Crippen LogP contribution in [0.3, 0.4) is 0 Å². The van der Waals surface area contributed by atoms with Crippen LogP contribution < -0.4 is 21.9 Å². The fourth-order valence-corrected chi connectivity index (χ4v) is 1.72. The molecular weight excluding hydrogens is 236 g/mol. The van der Waals surface area contributed by atoms with E-state index in [1.54, 1.807) is 13.0 Å². The molecule has 18 heavy (non-hydrogen) atoms. The summed E-state index contributed by atoms with van der Waals surface area (Å²) in [5.74, 6) is 5.41. The molecule has 1 fully saturated rings. The zero-order valence-electron chi connectivity index (χ0n) is 9.86. The van der Waals surface area contributed by atoms with E-state index in [2.05, 4.69) is 26.0 Å². The molecule has 1 aliphatic rings. The SMILES string of the molecule is Cc1cc(NC2CCC(=O)NC2=O)nc(NN)n1. The van der Waals surface area contributed by atoms with Crippen molar-refractivity contribution in [2.45, 2.75) is 25.8 Å². The van der Waals surface area contributed by atoms with E-state index in [0.29, 0.717) is 24.4 Å². The van der Waals surface area contributed by atoms with Crippen molar-refractivity contribution in [1.82, 2.24) is 15.3 Å². The van der Waals surface area contributed by atoms with Gasteiger partial charge in [0.25, 0.3) is 0 Å². The van der Waals surface area contributed by atoms with E-state index in [0.717, 1.165) is 0 Å². The molecule has 0 radical (unpaired) electrons. The highest BCUT2D eigenvalue weighted by molar-refractivity contribution is 6.01. The van der Waals surface area contributed by atoms with Crippen LogP contribution in [0.1, 0.15) is 18.5 Å². The predicted molar refractivity (Wildman–Crippen MR) is 64.4 cm³/mol. The molecule has 1 unspecified atom stereocenters. The fourth-order valence-electron chi connectivity index (χ4n) is 1.72. The Bertz CT molecular complexity index is 489. The summed E-state index contributed by atoms with van der Waals surface area (Å²) < 4.78 is 0. The molecule has 0 aromatic carbocycles. The first-order chi connectivity index (χ1) is 8.58. The topological polar surface area (TPSA) is 122 Å². The molecule has 2 amide bonds. The Hall–Kier alpha value is -2.22. The number of hydrogen-bond donors (Lipinski definition) is 4. The number of nitrogens with one attached hydrogen (secondary N) is 3. The van der Waals surface area contributed by atoms with Crippen molar-refractivity contribution < 1.29 is 9.59 Å². The lowest BCUT2D eigenvalue weighted by atomic mass is 10.1. The van der Waals surface area contributed by atoms with Gasteiger partial charge in [-0.3, -0.25) is 20.3 Å². The zero-order chi connectivity index (χ0) is 13.1. The van der Waals surface area contributed by atoms with Crippen LogP contribution >= 0.6 is 0 Å². The molecule has 2 heterocycles. The molecule has 1 aromatic heterocycles. The molecular formula is C10H14N6O2. The Morgan fingerprint density at radius 2 is 2.22 bits per heavy atom. The van der Waals surface area contributed by atoms with Gasteiger partial charge in [0.2, 0.25) is 17.8 Å². The van der Waals surface area contributed by atoms with Gasteiger partial charge in [0, 0.05) is 18.2 Å². The average molecular weight is 250 g/mol. The number of amides is 2. The van der Waals surface area contributed by atoms with Crippen molar-refractivity contribution in [3.8, 4) is 0 Å². The summed E-state index contributed by atoms with van der Waals surface area (Å²) in [4.78, 5) is 30.7. The third-order valence-corrected chi connectivity index (χ3v) is 2.54. The average Bonchev–Trinajstić information content (AvgIpc) is 2.32. The molecule has 0 bridgehead atoms. The molecule has 1 aliphatic heterocycles. The van der Waals surface area contributed by atoms with E-state index >= 15 is 0 Å². The minimum Gasteiger partial charge on any atom is -0.358 e. The van der Waals surface area contributed by atoms with E-state index in [9.17, 15) is 9.59 Å². The maximum absolute atomic E-state index is 11.6.